The lowest BCUT2D eigenvalue weighted by Gasteiger charge is -2.08. The van der Waals surface area contributed by atoms with Crippen LogP contribution in [0.2, 0.25) is 0 Å². The van der Waals surface area contributed by atoms with Gasteiger partial charge in [-0.05, 0) is 211 Å². The second-order valence-electron chi connectivity index (χ2n) is 32.9. The zero-order chi connectivity index (χ0) is 106. The third-order valence-corrected chi connectivity index (χ3v) is 24.0. The molecule has 628 valence electrons. The van der Waals surface area contributed by atoms with E-state index in [0.717, 1.165) is 150 Å². The zero-order valence-electron chi connectivity index (χ0n) is 91.9. The monoisotopic (exact) mass is 1690 g/mol. The van der Waals surface area contributed by atoms with Gasteiger partial charge in [-0.2, -0.15) is 13.7 Å². The minimum Gasteiger partial charge on any atom is -0.456 e. The molecule has 0 unspecified atom stereocenters. The maximum atomic E-state index is 8.71. The van der Waals surface area contributed by atoms with Crippen LogP contribution in [0.5, 0.6) is 0 Å². The van der Waals surface area contributed by atoms with E-state index in [1.54, 1.807) is 61.8 Å². The van der Waals surface area contributed by atoms with Crippen molar-refractivity contribution in [2.24, 2.45) is 35.2 Å². The van der Waals surface area contributed by atoms with Crippen molar-refractivity contribution in [1.29, 1.82) is 0 Å². The molecule has 0 amide bonds. The van der Waals surface area contributed by atoms with Crippen LogP contribution in [-0.2, 0) is 35.2 Å². The predicted octanol–water partition coefficient (Wildman–Crippen LogP) is 28.7. The first-order valence-corrected chi connectivity index (χ1v) is 41.4. The topological polar surface area (TPSA) is 107 Å². The largest absolute Gasteiger partial charge is 0.456 e. The number of nitrogens with zero attached hydrogens (tertiary/aromatic N) is 10. The zero-order valence-corrected chi connectivity index (χ0v) is 74.9. The lowest BCUT2D eigenvalue weighted by atomic mass is 9.96. The third kappa shape index (κ3) is 15.2. The quantitative estimate of drug-likeness (QED) is 0.126. The summed E-state index contributed by atoms with van der Waals surface area (Å²) >= 11 is 0. The highest BCUT2D eigenvalue weighted by molar-refractivity contribution is 6.16. The summed E-state index contributed by atoms with van der Waals surface area (Å²) in [5, 5.41) is 7.43. The lowest BCUT2D eigenvalue weighted by Crippen LogP contribution is -2.35. The summed E-state index contributed by atoms with van der Waals surface area (Å²) in [5.41, 5.74) is 28.2. The van der Waals surface area contributed by atoms with E-state index in [1.807, 2.05) is 234 Å². The summed E-state index contributed by atoms with van der Waals surface area (Å²) in [5.74, 6) is 0. The van der Waals surface area contributed by atoms with Gasteiger partial charge in [-0.15, -0.1) is 0 Å². The molecule has 0 aliphatic heterocycles. The van der Waals surface area contributed by atoms with E-state index in [4.69, 9.17) is 78.2 Å². The smallest absolute Gasteiger partial charge is 0.216 e. The van der Waals surface area contributed by atoms with Crippen LogP contribution in [0.4, 0.5) is 28.4 Å². The molecule has 0 bridgehead atoms. The number of fused-ring (bicyclic) bond motifs is 15. The van der Waals surface area contributed by atoms with Gasteiger partial charge < -0.3 is 22.1 Å². The molecule has 15 heteroatoms. The minimum absolute atomic E-state index is 0.0777. The molecule has 0 atom stereocenters. The summed E-state index contributed by atoms with van der Waals surface area (Å²) in [4.78, 5) is 17.4. The van der Waals surface area contributed by atoms with Gasteiger partial charge >= 0.3 is 0 Å². The van der Waals surface area contributed by atoms with Crippen molar-refractivity contribution in [1.82, 2.24) is 0 Å². The van der Waals surface area contributed by atoms with Crippen LogP contribution >= 0.6 is 0 Å². The van der Waals surface area contributed by atoms with Crippen LogP contribution in [-0.4, -0.2) is 0 Å². The number of hydrogen-bond acceptors (Lipinski definition) is 5. The first-order valence-electron chi connectivity index (χ1n) is 49.9. The van der Waals surface area contributed by atoms with E-state index in [1.165, 1.54) is 12.1 Å². The summed E-state index contributed by atoms with van der Waals surface area (Å²) < 4.78 is 179. The summed E-state index contributed by atoms with van der Waals surface area (Å²) in [6.45, 7) is 58.0. The van der Waals surface area contributed by atoms with Crippen LogP contribution in [0, 0.1) is 157 Å². The van der Waals surface area contributed by atoms with Crippen LogP contribution in [0.3, 0.4) is 0 Å². The summed E-state index contributed by atoms with van der Waals surface area (Å²) in [6.07, 6.45) is 3.48. The maximum Gasteiger partial charge on any atom is 0.216 e. The Kier molecular flexibility index (Phi) is 17.7. The van der Waals surface area contributed by atoms with Gasteiger partial charge in [0.15, 0.2) is 57.9 Å². The second kappa shape index (κ2) is 33.8. The van der Waals surface area contributed by atoms with Crippen LogP contribution in [0.15, 0.2) is 216 Å². The van der Waals surface area contributed by atoms with Crippen LogP contribution in [0.1, 0.15) is 124 Å². The van der Waals surface area contributed by atoms with E-state index < -0.39 is 20.6 Å². The molecule has 0 radical (unpaired) electrons. The Hall–Kier alpha value is -15.6. The summed E-state index contributed by atoms with van der Waals surface area (Å²) in [7, 11) is 9.33. The number of furan rings is 5. The van der Waals surface area contributed by atoms with E-state index >= 15 is 0 Å². The lowest BCUT2D eigenvalue weighted by molar-refractivity contribution is -0.666. The molecule has 20 aromatic rings. The molecule has 0 fully saturated rings. The summed E-state index contributed by atoms with van der Waals surface area (Å²) in [6, 6.07) is 42.7. The fourth-order valence-corrected chi connectivity index (χ4v) is 17.2. The molecule has 20 rings (SSSR count). The third-order valence-electron chi connectivity index (χ3n) is 24.0. The maximum absolute atomic E-state index is 8.71. The van der Waals surface area contributed by atoms with Crippen molar-refractivity contribution in [3.63, 3.8) is 0 Å². The molecule has 10 aromatic carbocycles. The Balaban J connectivity index is 0.000000130. The highest BCUT2D eigenvalue weighted by Gasteiger charge is 2.30. The second-order valence-corrected chi connectivity index (χ2v) is 32.9. The standard InChI is InChI=1S/3C23H21N2O.2C22H19N2O/c1-13-9-16(4)25(6)19(10-13)22-14(2)7-8-18-21-15(3)11-17(24-5)12-20(21)26-23(18)22;1-13-9-16(4)25(6)20(10-13)22-14(2)7-8-17-18-11-15(3)19(24-5)12-21(18)26-23(17)22;1-13-11-15(3)25(6)20(12-13)21-14(2)7-8-18-17-9-10-19(24-5)16(4)22(17)26-23(18)21;1-13-8-9-24(5)18(10-13)21-15(3)11-14(2)20-17-7-6-16(23-4)12-19(17)25-22(20)21;1-13-8-9-24(5)18(10-13)21-14(2)6-7-17-20-15(3)11-16(23-4)12-19(20)25-22(17)21/h3*7-12H,1-4,6H3;2*6-12H,1-3,5H3/q5*+1/i3D3,9D,10D;9D,10D;11D,12D;2D3,8D;3D3,8D. The molecular formula is C113H101N10O5+5. The van der Waals surface area contributed by atoms with Gasteiger partial charge in [0.2, 0.25) is 28.5 Å². The van der Waals surface area contributed by atoms with Crippen molar-refractivity contribution in [3.05, 3.63) is 352 Å². The number of hydrogen-bond donors (Lipinski definition) is 0. The molecule has 10 aromatic heterocycles. The van der Waals surface area contributed by atoms with Crippen molar-refractivity contribution < 1.29 is 68.2 Å². The molecule has 0 saturated heterocycles. The van der Waals surface area contributed by atoms with Gasteiger partial charge in [-0.25, -0.2) is 33.4 Å². The van der Waals surface area contributed by atoms with Crippen molar-refractivity contribution in [3.8, 4) is 56.3 Å². The highest BCUT2D eigenvalue weighted by Crippen LogP contribution is 2.47. The van der Waals surface area contributed by atoms with Gasteiger partial charge in [0.05, 0.1) is 71.6 Å². The van der Waals surface area contributed by atoms with Gasteiger partial charge in [0.1, 0.15) is 91.1 Å². The molecule has 0 spiro atoms. The molecule has 0 aliphatic rings. The predicted molar refractivity (Wildman–Crippen MR) is 518 cm³/mol. The Morgan fingerprint density at radius 1 is 0.273 bits per heavy atom. The van der Waals surface area contributed by atoms with E-state index in [2.05, 4.69) is 24.2 Å². The average Bonchev–Trinajstić information content (AvgIpc) is 1.58. The number of rotatable bonds is 5. The first-order chi connectivity index (χ1) is 68.2. The molecule has 15 nitrogen and oxygen atoms in total. The van der Waals surface area contributed by atoms with Gasteiger partial charge in [-0.1, -0.05) is 97.1 Å². The fraction of sp³-hybridized carbons (Fsp3) is 0.204. The molecule has 128 heavy (non-hydrogen) atoms. The van der Waals surface area contributed by atoms with Gasteiger partial charge in [-0.3, -0.25) is 0 Å². The molecule has 0 saturated carbocycles. The molecule has 0 aliphatic carbocycles. The van der Waals surface area contributed by atoms with Crippen molar-refractivity contribution in [2.75, 3.05) is 0 Å². The van der Waals surface area contributed by atoms with Gasteiger partial charge in [0.25, 0.3) is 0 Å². The van der Waals surface area contributed by atoms with E-state index in [9.17, 15) is 0 Å². The number of aryl methyl sites for hydroxylation is 14. The molecule has 0 N–H and O–H groups in total. The Morgan fingerprint density at radius 3 is 1.09 bits per heavy atom. The number of aromatic nitrogens is 5. The van der Waals surface area contributed by atoms with Crippen LogP contribution < -0.4 is 22.8 Å². The Bertz CT molecular complexity index is 9160. The SMILES string of the molecule is [2H]c1c(C)c([2H])c(-c2c(C)ccc3c2oc2c(C)c([N+]#[C-])ccc23)[n+](C)c1C.[2H]c1c(C)c([2H])c(-c2c(C)ccc3c2oc2cc([N+]#[C-])c(C)cc23)[n+](C)c1C.[2H]c1c(C)c([2H])c(-c2c(C)ccc3c2oc2cc([N+]#[C-])cc(C([2H])([2H])[2H])c23)[n+](C)c1C.[2H]c1c[n+](C)c(-c2c(C)cc(C([2H])([2H])[2H])c3c2oc2cc([N+]#[C-])ccc23)cc1C.[2H]c1c[n+](C)c(-c2c(C)ccc3c2oc2cc([N+]#[C-])cc(C([2H])([2H])[2H])c23)cc1C. The van der Waals surface area contributed by atoms with E-state index in [0.29, 0.717) is 159 Å². The van der Waals surface area contributed by atoms with Crippen molar-refractivity contribution >= 4 is 138 Å². The van der Waals surface area contributed by atoms with E-state index in [-0.39, 0.29) is 34.1 Å². The molecular weight excluding hydrogens is 1580 g/mol. The highest BCUT2D eigenvalue weighted by atomic mass is 16.3. The van der Waals surface area contributed by atoms with Crippen LogP contribution in [0.25, 0.3) is 190 Å². The number of pyridine rings is 5. The molecule has 10 heterocycles. The Labute approximate surface area is 770 Å². The minimum atomic E-state index is -2.41. The fourth-order valence-electron chi connectivity index (χ4n) is 17.2. The first kappa shape index (κ1) is 66.9. The van der Waals surface area contributed by atoms with Gasteiger partial charge in [0, 0.05) is 147 Å². The number of benzene rings is 10. The van der Waals surface area contributed by atoms with Crippen molar-refractivity contribution in [2.45, 2.75) is 124 Å². The Morgan fingerprint density at radius 2 is 0.641 bits per heavy atom. The average molecular weight is 1700 g/mol. The normalized spacial score (nSPS) is 13.4.